The minimum Gasteiger partial charge on any atom is -0.493 e. The van der Waals surface area contributed by atoms with Crippen molar-refractivity contribution < 1.29 is 19.7 Å². The van der Waals surface area contributed by atoms with E-state index in [0.29, 0.717) is 6.61 Å². The highest BCUT2D eigenvalue weighted by atomic mass is 16.5. The maximum atomic E-state index is 12.0. The average molecular weight is 598 g/mol. The predicted octanol–water partition coefficient (Wildman–Crippen LogP) is 7.83. The van der Waals surface area contributed by atoms with Crippen LogP contribution in [0.2, 0.25) is 0 Å². The Morgan fingerprint density at radius 2 is 1.56 bits per heavy atom. The Morgan fingerprint density at radius 1 is 0.889 bits per heavy atom. The molecule has 3 heterocycles. The standard InChI is InChI=1S/C34H25N3O3.C4H10O/c1-20-14-25-15-24(21-2-4-22(5-3-21)26-17-35-19-36-18-26)6-7-27(25)33(29(20)16-31(38)39)28-8-9-30-32-23(11-13-40-30)10-12-37-34(28)32;1-4(2,3)5/h2-10,12,14-15,17-19H,11,13,16H2,1H3,(H,38,39);5H,1-3H3. The highest BCUT2D eigenvalue weighted by Gasteiger charge is 2.22. The number of aliphatic carboxylic acids is 1. The second-order valence-corrected chi connectivity index (χ2v) is 12.3. The van der Waals surface area contributed by atoms with E-state index in [-0.39, 0.29) is 6.42 Å². The molecule has 7 heteroatoms. The number of hydrogen-bond acceptors (Lipinski definition) is 6. The molecule has 2 N–H and O–H groups in total. The molecule has 0 atom stereocenters. The third-order valence-corrected chi connectivity index (χ3v) is 7.75. The molecule has 0 fully saturated rings. The van der Waals surface area contributed by atoms with Gasteiger partial charge in [0.05, 0.1) is 24.1 Å². The lowest BCUT2D eigenvalue weighted by atomic mass is 9.86. The molecule has 6 aromatic rings. The molecular weight excluding hydrogens is 562 g/mol. The highest BCUT2D eigenvalue weighted by molar-refractivity contribution is 6.09. The van der Waals surface area contributed by atoms with Crippen molar-refractivity contribution in [3.63, 3.8) is 0 Å². The number of carboxylic acids is 1. The summed E-state index contributed by atoms with van der Waals surface area (Å²) in [5, 5.41) is 21.4. The average Bonchev–Trinajstić information content (AvgIpc) is 3.02. The molecule has 0 spiro atoms. The molecular formula is C38H35N3O4. The van der Waals surface area contributed by atoms with Gasteiger partial charge in [-0.15, -0.1) is 0 Å². The molecule has 1 aliphatic heterocycles. The zero-order valence-electron chi connectivity index (χ0n) is 25.8. The number of carbonyl (C=O) groups is 1. The van der Waals surface area contributed by atoms with E-state index in [1.54, 1.807) is 33.2 Å². The molecule has 1 aliphatic rings. The van der Waals surface area contributed by atoms with Gasteiger partial charge in [0.15, 0.2) is 0 Å². The van der Waals surface area contributed by atoms with Gasteiger partial charge in [0.2, 0.25) is 0 Å². The molecule has 0 bridgehead atoms. The van der Waals surface area contributed by atoms with Gasteiger partial charge >= 0.3 is 5.97 Å². The lowest BCUT2D eigenvalue weighted by Crippen LogP contribution is -2.10. The van der Waals surface area contributed by atoms with E-state index in [2.05, 4.69) is 58.5 Å². The quantitative estimate of drug-likeness (QED) is 0.209. The maximum Gasteiger partial charge on any atom is 0.307 e. The number of ether oxygens (including phenoxy) is 1. The lowest BCUT2D eigenvalue weighted by Gasteiger charge is -2.22. The molecule has 7 rings (SSSR count). The van der Waals surface area contributed by atoms with Crippen molar-refractivity contribution in [2.45, 2.75) is 46.1 Å². The van der Waals surface area contributed by atoms with E-state index in [1.165, 1.54) is 11.9 Å². The number of aliphatic hydroxyl groups is 1. The normalized spacial score (nSPS) is 12.4. The predicted molar refractivity (Wildman–Crippen MR) is 178 cm³/mol. The molecule has 0 radical (unpaired) electrons. The van der Waals surface area contributed by atoms with Crippen LogP contribution in [0.4, 0.5) is 0 Å². The molecule has 7 nitrogen and oxygen atoms in total. The molecule has 0 unspecified atom stereocenters. The van der Waals surface area contributed by atoms with E-state index in [0.717, 1.165) is 78.4 Å². The van der Waals surface area contributed by atoms with Crippen LogP contribution in [0, 0.1) is 6.92 Å². The fourth-order valence-corrected chi connectivity index (χ4v) is 5.86. The Bertz CT molecular complexity index is 2020. The smallest absolute Gasteiger partial charge is 0.307 e. The topological polar surface area (TPSA) is 105 Å². The van der Waals surface area contributed by atoms with Gasteiger partial charge in [-0.3, -0.25) is 9.78 Å². The zero-order valence-corrected chi connectivity index (χ0v) is 25.8. The Balaban J connectivity index is 0.000000664. The summed E-state index contributed by atoms with van der Waals surface area (Å²) in [7, 11) is 0. The van der Waals surface area contributed by atoms with E-state index in [9.17, 15) is 9.90 Å². The molecule has 0 saturated heterocycles. The van der Waals surface area contributed by atoms with Crippen LogP contribution in [0.5, 0.6) is 5.75 Å². The van der Waals surface area contributed by atoms with Gasteiger partial charge in [0.25, 0.3) is 0 Å². The molecule has 0 saturated carbocycles. The summed E-state index contributed by atoms with van der Waals surface area (Å²) in [5.74, 6) is -0.0270. The Labute approximate surface area is 262 Å². The van der Waals surface area contributed by atoms with Crippen LogP contribution in [-0.4, -0.2) is 43.3 Å². The molecule has 226 valence electrons. The zero-order chi connectivity index (χ0) is 31.7. The first-order chi connectivity index (χ1) is 21.6. The summed E-state index contributed by atoms with van der Waals surface area (Å²) in [6.07, 6.45) is 7.74. The van der Waals surface area contributed by atoms with Gasteiger partial charge < -0.3 is 14.9 Å². The van der Waals surface area contributed by atoms with Gasteiger partial charge in [0, 0.05) is 41.5 Å². The highest BCUT2D eigenvalue weighted by Crippen LogP contribution is 2.43. The minimum atomic E-state index is -0.858. The van der Waals surface area contributed by atoms with Crippen molar-refractivity contribution in [3.8, 4) is 39.1 Å². The maximum absolute atomic E-state index is 12.0. The Hall–Kier alpha value is -5.14. The molecule has 4 aromatic carbocycles. The number of benzene rings is 4. The summed E-state index contributed by atoms with van der Waals surface area (Å²) < 4.78 is 5.95. The van der Waals surface area contributed by atoms with E-state index >= 15 is 0 Å². The summed E-state index contributed by atoms with van der Waals surface area (Å²) in [4.78, 5) is 25.0. The summed E-state index contributed by atoms with van der Waals surface area (Å²) in [5.41, 5.74) is 9.36. The van der Waals surface area contributed by atoms with E-state index in [1.807, 2.05) is 31.3 Å². The molecule has 0 amide bonds. The number of hydrogen-bond donors (Lipinski definition) is 2. The van der Waals surface area contributed by atoms with Gasteiger partial charge in [-0.2, -0.15) is 0 Å². The van der Waals surface area contributed by atoms with Crippen LogP contribution in [0.15, 0.2) is 91.6 Å². The fourth-order valence-electron chi connectivity index (χ4n) is 5.86. The van der Waals surface area contributed by atoms with Crippen molar-refractivity contribution in [1.29, 1.82) is 0 Å². The second-order valence-electron chi connectivity index (χ2n) is 12.3. The summed E-state index contributed by atoms with van der Waals surface area (Å²) in [6.45, 7) is 7.87. The van der Waals surface area contributed by atoms with Crippen molar-refractivity contribution >= 4 is 27.6 Å². The monoisotopic (exact) mass is 597 g/mol. The van der Waals surface area contributed by atoms with E-state index in [4.69, 9.17) is 14.8 Å². The van der Waals surface area contributed by atoms with Crippen LogP contribution in [-0.2, 0) is 17.6 Å². The number of rotatable bonds is 5. The Morgan fingerprint density at radius 3 is 2.24 bits per heavy atom. The van der Waals surface area contributed by atoms with Crippen molar-refractivity contribution in [3.05, 3.63) is 108 Å². The van der Waals surface area contributed by atoms with Crippen LogP contribution >= 0.6 is 0 Å². The number of aryl methyl sites for hydroxylation is 1. The van der Waals surface area contributed by atoms with Crippen molar-refractivity contribution in [1.82, 2.24) is 15.0 Å². The number of nitrogens with zero attached hydrogens (tertiary/aromatic N) is 3. The van der Waals surface area contributed by atoms with Gasteiger partial charge in [-0.25, -0.2) is 9.97 Å². The van der Waals surface area contributed by atoms with Crippen LogP contribution in [0.25, 0.3) is 55.1 Å². The first-order valence-corrected chi connectivity index (χ1v) is 15.0. The lowest BCUT2D eigenvalue weighted by molar-refractivity contribution is -0.136. The largest absolute Gasteiger partial charge is 0.493 e. The minimum absolute atomic E-state index is 0.0665. The summed E-state index contributed by atoms with van der Waals surface area (Å²) >= 11 is 0. The van der Waals surface area contributed by atoms with E-state index < -0.39 is 11.6 Å². The third-order valence-electron chi connectivity index (χ3n) is 7.75. The first-order valence-electron chi connectivity index (χ1n) is 15.0. The van der Waals surface area contributed by atoms with Crippen LogP contribution in [0.3, 0.4) is 0 Å². The number of carboxylic acid groups (broad SMARTS) is 1. The van der Waals surface area contributed by atoms with Gasteiger partial charge in [-0.05, 0) is 102 Å². The number of fused-ring (bicyclic) bond motifs is 1. The van der Waals surface area contributed by atoms with Gasteiger partial charge in [0.1, 0.15) is 12.1 Å². The van der Waals surface area contributed by atoms with Crippen molar-refractivity contribution in [2.75, 3.05) is 6.61 Å². The van der Waals surface area contributed by atoms with Gasteiger partial charge in [-0.1, -0.05) is 42.5 Å². The molecule has 45 heavy (non-hydrogen) atoms. The molecule has 2 aromatic heterocycles. The van der Waals surface area contributed by atoms with Crippen LogP contribution < -0.4 is 4.74 Å². The van der Waals surface area contributed by atoms with Crippen LogP contribution in [0.1, 0.15) is 37.5 Å². The number of pyridine rings is 1. The Kier molecular flexibility index (Phi) is 8.04. The molecule has 0 aliphatic carbocycles. The SMILES string of the molecule is CC(C)(C)O.Cc1cc2cc(-c3ccc(-c4cncnc4)cc3)ccc2c(-c2ccc3c4c(ccnc24)CCO3)c1CC(=O)O. The first kappa shape index (κ1) is 29.9. The fraction of sp³-hybridized carbons (Fsp3) is 0.211. The van der Waals surface area contributed by atoms with Crippen molar-refractivity contribution in [2.24, 2.45) is 0 Å². The second kappa shape index (κ2) is 12.1. The summed E-state index contributed by atoms with van der Waals surface area (Å²) in [6, 6.07) is 22.9. The number of aromatic nitrogens is 3. The third kappa shape index (κ3) is 6.40.